The van der Waals surface area contributed by atoms with Gasteiger partial charge in [0.15, 0.2) is 5.69 Å². The molecule has 6 heterocycles. The van der Waals surface area contributed by atoms with Gasteiger partial charge in [0.1, 0.15) is 11.9 Å². The molecule has 0 N–H and O–H groups in total. The van der Waals surface area contributed by atoms with Crippen LogP contribution in [0.15, 0.2) is 413 Å². The van der Waals surface area contributed by atoms with Crippen LogP contribution in [0, 0.1) is 34.0 Å². The predicted molar refractivity (Wildman–Crippen MR) is 575 cm³/mol. The van der Waals surface area contributed by atoms with E-state index in [9.17, 15) is 15.8 Å². The van der Waals surface area contributed by atoms with Crippen molar-refractivity contribution in [1.82, 2.24) is 33.6 Å². The number of pyridine rings is 2. The van der Waals surface area contributed by atoms with Gasteiger partial charge in [-0.25, -0.2) is 19.9 Å². The van der Waals surface area contributed by atoms with Crippen molar-refractivity contribution in [1.29, 1.82) is 15.8 Å². The summed E-state index contributed by atoms with van der Waals surface area (Å²) < 4.78 is 6.69. The summed E-state index contributed by atoms with van der Waals surface area (Å²) in [7, 11) is 0. The first kappa shape index (κ1) is 82.4. The minimum absolute atomic E-state index is 0.0526. The van der Waals surface area contributed by atoms with E-state index in [2.05, 4.69) is 395 Å². The highest BCUT2D eigenvalue weighted by Gasteiger charge is 2.39. The summed E-state index contributed by atoms with van der Waals surface area (Å²) in [6.07, 6.45) is 0. The van der Waals surface area contributed by atoms with Gasteiger partial charge in [-0.2, -0.15) is 15.8 Å². The van der Waals surface area contributed by atoms with Crippen molar-refractivity contribution in [3.05, 3.63) is 463 Å². The molecular weight excluding hydrogens is 1700 g/mol. The normalized spacial score (nSPS) is 13.2. The quantitative estimate of drug-likeness (QED) is 0.148. The van der Waals surface area contributed by atoms with E-state index in [4.69, 9.17) is 19.9 Å². The first-order chi connectivity index (χ1) is 68.5. The van der Waals surface area contributed by atoms with E-state index < -0.39 is 0 Å². The van der Waals surface area contributed by atoms with Crippen molar-refractivity contribution in [3.8, 4) is 125 Å². The molecule has 0 saturated carbocycles. The Hall–Kier alpha value is -18.3. The number of nitrogens with zero attached hydrogens (tertiary/aromatic N) is 10. The Bertz CT molecular complexity index is 9780. The summed E-state index contributed by atoms with van der Waals surface area (Å²) >= 11 is 0. The van der Waals surface area contributed by atoms with Crippen LogP contribution in [0.4, 0.5) is 0 Å². The first-order valence-corrected chi connectivity index (χ1v) is 47.7. The third-order valence-corrected chi connectivity index (χ3v) is 30.1. The number of hydrogen-bond acceptors (Lipinski definition) is 7. The molecule has 0 atom stereocenters. The molecular formula is C130H86N10. The van der Waals surface area contributed by atoms with E-state index >= 15 is 0 Å². The second-order valence-corrected chi connectivity index (χ2v) is 38.8. The second-order valence-electron chi connectivity index (χ2n) is 38.8. The molecule has 0 saturated heterocycles. The predicted octanol–water partition coefficient (Wildman–Crippen LogP) is 32.6. The summed E-state index contributed by atoms with van der Waals surface area (Å²) in [5, 5.41) is 44.4. The second kappa shape index (κ2) is 31.7. The molecule has 28 rings (SSSR count). The van der Waals surface area contributed by atoms with Gasteiger partial charge in [0.25, 0.3) is 0 Å². The van der Waals surface area contributed by atoms with Crippen LogP contribution in [0.5, 0.6) is 0 Å². The maximum Gasteiger partial charge on any atom is 0.236 e. The van der Waals surface area contributed by atoms with Crippen molar-refractivity contribution in [2.75, 3.05) is 0 Å². The number of rotatable bonds is 8. The van der Waals surface area contributed by atoms with Gasteiger partial charge in [0, 0.05) is 76.0 Å². The Morgan fingerprint density at radius 2 is 0.571 bits per heavy atom. The van der Waals surface area contributed by atoms with E-state index in [1.54, 1.807) is 0 Å². The molecule has 656 valence electrons. The largest absolute Gasteiger partial charge is 0.309 e. The topological polar surface area (TPSA) is 138 Å². The number of benzene rings is 19. The van der Waals surface area contributed by atoms with Crippen molar-refractivity contribution < 1.29 is 0 Å². The van der Waals surface area contributed by atoms with Crippen LogP contribution >= 0.6 is 0 Å². The Morgan fingerprint density at radius 3 is 1.05 bits per heavy atom. The fourth-order valence-corrected chi connectivity index (χ4v) is 23.2. The molecule has 0 bridgehead atoms. The number of fused-ring (bicyclic) bond motifs is 25. The van der Waals surface area contributed by atoms with E-state index in [1.165, 1.54) is 143 Å². The van der Waals surface area contributed by atoms with Gasteiger partial charge in [-0.1, -0.05) is 327 Å². The molecule has 0 fully saturated rings. The smallest absolute Gasteiger partial charge is 0.236 e. The van der Waals surface area contributed by atoms with E-state index in [0.29, 0.717) is 22.8 Å². The minimum atomic E-state index is -0.0709. The number of nitriles is 3. The van der Waals surface area contributed by atoms with Gasteiger partial charge >= 0.3 is 0 Å². The number of hydrogen-bond donors (Lipinski definition) is 0. The lowest BCUT2D eigenvalue weighted by molar-refractivity contribution is 0.660. The molecule has 0 aliphatic heterocycles. The number of para-hydroxylation sites is 3. The lowest BCUT2D eigenvalue weighted by Crippen LogP contribution is -2.14. The Labute approximate surface area is 808 Å². The average Bonchev–Trinajstić information content (AvgIpc) is 1.57. The summed E-state index contributed by atoms with van der Waals surface area (Å²) in [4.78, 5) is 19.7. The van der Waals surface area contributed by atoms with E-state index in [-0.39, 0.29) is 16.2 Å². The molecule has 0 amide bonds. The average molecular weight is 1790 g/mol. The van der Waals surface area contributed by atoms with E-state index in [1.807, 2.05) is 91.0 Å². The fraction of sp³-hybridized carbons (Fsp3) is 0.0692. The Kier molecular flexibility index (Phi) is 18.6. The Morgan fingerprint density at radius 1 is 0.221 bits per heavy atom. The zero-order chi connectivity index (χ0) is 94.1. The summed E-state index contributed by atoms with van der Waals surface area (Å²) in [5.74, 6) is 1.24. The standard InChI is InChI=1S/C47H31N3.C42H28N4.C41H27N3/c1-47(2)40-13-7-5-12-37(40)38-22-17-32(26-41(38)47)31-19-23-44-39(25-31)46-36-11-4-3-9-29(36)18-24-45(46)50(44)34-20-15-30(16-21-34)43-27-33(28-48)35-10-6-8-14-42(35)49-43;1-42(2)35-14-8-6-12-30(35)31-19-16-29(24-36(31)42)28-18-21-40-34(23-28)33-22-27(26-10-4-3-5-11-26)17-20-39(33)46(40)41-44-37-15-9-7-13-32(37)38(25-43)45-41;1-41(2)34-13-7-5-12-31(34)32-18-15-27(22-35(32)41)26-17-19-37-33(21-26)40-30-11-4-3-9-25(30)16-20-38(40)44(37)39-23-28(24-42)29-10-6-8-14-36(29)43-39/h3-27H,1-2H3;3-24H,1-2H3;3-23H,1-2H3. The van der Waals surface area contributed by atoms with Crippen molar-refractivity contribution >= 4 is 120 Å². The summed E-state index contributed by atoms with van der Waals surface area (Å²) in [6, 6.07) is 154. The summed E-state index contributed by atoms with van der Waals surface area (Å²) in [5.41, 5.74) is 38.9. The highest BCUT2D eigenvalue weighted by Crippen LogP contribution is 2.55. The molecule has 0 spiro atoms. The molecule has 140 heavy (non-hydrogen) atoms. The Balaban J connectivity index is 0.000000108. The zero-order valence-electron chi connectivity index (χ0n) is 77.7. The maximum absolute atomic E-state index is 10.1. The molecule has 3 aliphatic carbocycles. The summed E-state index contributed by atoms with van der Waals surface area (Å²) in [6.45, 7) is 14.0. The molecule has 0 radical (unpaired) electrons. The van der Waals surface area contributed by atoms with Gasteiger partial charge in [0.2, 0.25) is 5.95 Å². The van der Waals surface area contributed by atoms with Gasteiger partial charge in [-0.05, 0) is 260 Å². The van der Waals surface area contributed by atoms with Crippen molar-refractivity contribution in [2.45, 2.75) is 57.8 Å². The molecule has 10 nitrogen and oxygen atoms in total. The van der Waals surface area contributed by atoms with Gasteiger partial charge < -0.3 is 4.57 Å². The van der Waals surface area contributed by atoms with E-state index in [0.717, 1.165) is 111 Å². The first-order valence-electron chi connectivity index (χ1n) is 47.7. The fourth-order valence-electron chi connectivity index (χ4n) is 23.2. The van der Waals surface area contributed by atoms with Gasteiger partial charge in [0.05, 0.1) is 78.6 Å². The van der Waals surface area contributed by atoms with Crippen LogP contribution in [0.25, 0.3) is 226 Å². The molecule has 6 aromatic heterocycles. The molecule has 25 aromatic rings. The third kappa shape index (κ3) is 12.8. The highest BCUT2D eigenvalue weighted by molar-refractivity contribution is 6.24. The van der Waals surface area contributed by atoms with Crippen LogP contribution in [0.3, 0.4) is 0 Å². The lowest BCUT2D eigenvalue weighted by Gasteiger charge is -2.22. The SMILES string of the molecule is CC1(C)c2ccccc2-c2ccc(-c3ccc4c(c3)c3c5ccccc5ccc3n4-c3cc(C#N)c4ccccc4n3)cc21.CC1(C)c2ccccc2-c2ccc(-c3ccc4c(c3)c3c5ccccc5ccc3n4-c3ccc(-c4cc(C#N)c5ccccc5n4)cc3)cc21.CC1(C)c2ccccc2-c2ccc(-c3ccc4c(c3)c3cc(-c5ccccc5)ccc3n4-c3nc(C#N)c4ccccc4n3)cc21. The zero-order valence-corrected chi connectivity index (χ0v) is 77.7. The van der Waals surface area contributed by atoms with Crippen molar-refractivity contribution in [2.24, 2.45) is 0 Å². The third-order valence-electron chi connectivity index (χ3n) is 30.1. The van der Waals surface area contributed by atoms with Crippen LogP contribution in [0.1, 0.15) is 91.7 Å². The molecule has 0 unspecified atom stereocenters. The van der Waals surface area contributed by atoms with Crippen LogP contribution in [-0.2, 0) is 16.2 Å². The monoisotopic (exact) mass is 1790 g/mol. The molecule has 3 aliphatic rings. The molecule has 10 heteroatoms. The van der Waals surface area contributed by atoms with Crippen LogP contribution in [-0.4, -0.2) is 33.6 Å². The van der Waals surface area contributed by atoms with Gasteiger partial charge in [-0.3, -0.25) is 9.13 Å². The highest BCUT2D eigenvalue weighted by atomic mass is 15.2. The van der Waals surface area contributed by atoms with Gasteiger partial charge in [-0.15, -0.1) is 0 Å². The van der Waals surface area contributed by atoms with Crippen molar-refractivity contribution in [3.63, 3.8) is 0 Å². The lowest BCUT2D eigenvalue weighted by atomic mass is 9.81. The maximum atomic E-state index is 10.1. The number of aromatic nitrogens is 7. The minimum Gasteiger partial charge on any atom is -0.309 e. The molecule has 19 aromatic carbocycles. The van der Waals surface area contributed by atoms with Crippen LogP contribution < -0.4 is 0 Å². The van der Waals surface area contributed by atoms with Crippen LogP contribution in [0.2, 0.25) is 0 Å².